The Kier molecular flexibility index (Phi) is 35.9. The molecule has 1 unspecified atom stereocenters. The summed E-state index contributed by atoms with van der Waals surface area (Å²) in [6.07, 6.45) is 37.2. The Balaban J connectivity index is 5.24. The summed E-state index contributed by atoms with van der Waals surface area (Å²) in [7, 11) is 0. The maximum atomic E-state index is 13.8. The third-order valence-electron chi connectivity index (χ3n) is 10.8. The van der Waals surface area contributed by atoms with E-state index in [-0.39, 0.29) is 18.8 Å². The van der Waals surface area contributed by atoms with Gasteiger partial charge in [-0.25, -0.2) is 4.79 Å². The lowest BCUT2D eigenvalue weighted by Gasteiger charge is -2.35. The van der Waals surface area contributed by atoms with Gasteiger partial charge in [0.2, 0.25) is 0 Å². The highest BCUT2D eigenvalue weighted by atomic mass is 16.6. The molecular weight excluding hydrogens is 634 g/mol. The molecule has 302 valence electrons. The van der Waals surface area contributed by atoms with E-state index in [1.165, 1.54) is 128 Å². The van der Waals surface area contributed by atoms with Crippen LogP contribution in [0.1, 0.15) is 252 Å². The van der Waals surface area contributed by atoms with Gasteiger partial charge in [-0.15, -0.1) is 0 Å². The number of hydrogen-bond acceptors (Lipinski definition) is 6. The van der Waals surface area contributed by atoms with Gasteiger partial charge >= 0.3 is 17.9 Å². The van der Waals surface area contributed by atoms with Gasteiger partial charge in [0, 0.05) is 6.42 Å². The average molecular weight is 722 g/mol. The van der Waals surface area contributed by atoms with Crippen molar-refractivity contribution in [1.82, 2.24) is 0 Å². The fraction of sp³-hybridized carbons (Fsp3) is 0.933. The van der Waals surface area contributed by atoms with Crippen LogP contribution in [-0.2, 0) is 23.9 Å². The molecule has 0 spiro atoms. The molecule has 0 aromatic carbocycles. The first-order valence-corrected chi connectivity index (χ1v) is 22.5. The quantitative estimate of drug-likeness (QED) is 0.0386. The number of carbonyl (C=O) groups excluding carboxylic acids is 3. The topological polar surface area (TPSA) is 95.7 Å². The molecule has 0 aromatic rings. The smallest absolute Gasteiger partial charge is 0.334 e. The van der Waals surface area contributed by atoms with Crippen molar-refractivity contribution in [2.24, 2.45) is 11.7 Å². The Labute approximate surface area is 317 Å². The summed E-state index contributed by atoms with van der Waals surface area (Å²) in [5.41, 5.74) is 5.68. The van der Waals surface area contributed by atoms with Gasteiger partial charge < -0.3 is 15.2 Å². The zero-order valence-corrected chi connectivity index (χ0v) is 34.7. The van der Waals surface area contributed by atoms with E-state index in [9.17, 15) is 14.4 Å². The largest absolute Gasteiger partial charge is 0.466 e. The SMILES string of the molecule is CCCCCCCCCCCCOC(=O)CC(CCCCCCCC)[C@](N)(CCCCCCCC)C(=O)OC(=O)CCCCCCCCCCC. The van der Waals surface area contributed by atoms with Crippen LogP contribution in [0.15, 0.2) is 0 Å². The van der Waals surface area contributed by atoms with Gasteiger partial charge in [0.25, 0.3) is 0 Å². The molecule has 0 rings (SSSR count). The molecule has 0 aliphatic heterocycles. The van der Waals surface area contributed by atoms with E-state index in [4.69, 9.17) is 15.2 Å². The molecule has 0 aliphatic rings. The van der Waals surface area contributed by atoms with Crippen molar-refractivity contribution in [3.8, 4) is 0 Å². The number of ether oxygens (including phenoxy) is 2. The molecule has 0 fully saturated rings. The summed E-state index contributed by atoms with van der Waals surface area (Å²) in [6, 6.07) is 0. The molecule has 0 saturated heterocycles. The van der Waals surface area contributed by atoms with Gasteiger partial charge in [0.1, 0.15) is 5.54 Å². The first kappa shape index (κ1) is 49.6. The minimum Gasteiger partial charge on any atom is -0.466 e. The molecule has 0 bridgehead atoms. The Bertz CT molecular complexity index is 801. The summed E-state index contributed by atoms with van der Waals surface area (Å²) in [5.74, 6) is -1.82. The Morgan fingerprint density at radius 1 is 0.471 bits per heavy atom. The van der Waals surface area contributed by atoms with Crippen LogP contribution in [0.2, 0.25) is 0 Å². The second-order valence-electron chi connectivity index (χ2n) is 15.8. The first-order valence-electron chi connectivity index (χ1n) is 22.5. The summed E-state index contributed by atoms with van der Waals surface area (Å²) in [4.78, 5) is 40.0. The third kappa shape index (κ3) is 29.7. The molecular formula is C45H87NO5. The van der Waals surface area contributed by atoms with Crippen LogP contribution in [0.25, 0.3) is 0 Å². The van der Waals surface area contributed by atoms with Crippen LogP contribution in [0, 0.1) is 5.92 Å². The molecule has 51 heavy (non-hydrogen) atoms. The van der Waals surface area contributed by atoms with E-state index >= 15 is 0 Å². The second kappa shape index (κ2) is 36.9. The molecule has 0 radical (unpaired) electrons. The van der Waals surface area contributed by atoms with Crippen molar-refractivity contribution in [2.45, 2.75) is 258 Å². The lowest BCUT2D eigenvalue weighted by atomic mass is 9.75. The summed E-state index contributed by atoms with van der Waals surface area (Å²) < 4.78 is 11.3. The van der Waals surface area contributed by atoms with Gasteiger partial charge in [-0.1, -0.05) is 214 Å². The van der Waals surface area contributed by atoms with E-state index in [0.717, 1.165) is 70.6 Å². The Morgan fingerprint density at radius 2 is 0.843 bits per heavy atom. The van der Waals surface area contributed by atoms with Crippen LogP contribution in [0.3, 0.4) is 0 Å². The highest BCUT2D eigenvalue weighted by Gasteiger charge is 2.44. The number of unbranched alkanes of at least 4 members (excludes halogenated alkanes) is 27. The Hall–Kier alpha value is -1.43. The van der Waals surface area contributed by atoms with E-state index in [2.05, 4.69) is 27.7 Å². The summed E-state index contributed by atoms with van der Waals surface area (Å²) in [5, 5.41) is 0. The molecule has 0 saturated carbocycles. The van der Waals surface area contributed by atoms with Crippen LogP contribution in [0.4, 0.5) is 0 Å². The Morgan fingerprint density at radius 3 is 1.29 bits per heavy atom. The molecule has 6 heteroatoms. The van der Waals surface area contributed by atoms with Gasteiger partial charge in [-0.3, -0.25) is 9.59 Å². The minimum absolute atomic E-state index is 0.0978. The zero-order valence-electron chi connectivity index (χ0n) is 34.7. The molecule has 0 amide bonds. The maximum absolute atomic E-state index is 13.8. The van der Waals surface area contributed by atoms with Crippen LogP contribution < -0.4 is 5.73 Å². The molecule has 0 heterocycles. The monoisotopic (exact) mass is 722 g/mol. The van der Waals surface area contributed by atoms with E-state index in [0.29, 0.717) is 19.4 Å². The van der Waals surface area contributed by atoms with E-state index in [1.54, 1.807) is 0 Å². The molecule has 2 atom stereocenters. The molecule has 0 aliphatic carbocycles. The predicted molar refractivity (Wildman–Crippen MR) is 217 cm³/mol. The number of carbonyl (C=O) groups is 3. The highest BCUT2D eigenvalue weighted by Crippen LogP contribution is 2.32. The van der Waals surface area contributed by atoms with E-state index in [1.807, 2.05) is 0 Å². The van der Waals surface area contributed by atoms with E-state index < -0.39 is 23.4 Å². The summed E-state index contributed by atoms with van der Waals surface area (Å²) >= 11 is 0. The van der Waals surface area contributed by atoms with Crippen LogP contribution >= 0.6 is 0 Å². The molecule has 0 aromatic heterocycles. The second-order valence-corrected chi connectivity index (χ2v) is 15.8. The number of esters is 3. The normalized spacial score (nSPS) is 13.2. The number of rotatable bonds is 39. The fourth-order valence-corrected chi connectivity index (χ4v) is 7.25. The zero-order chi connectivity index (χ0) is 37.7. The number of nitrogens with two attached hydrogens (primary N) is 1. The van der Waals surface area contributed by atoms with Gasteiger partial charge in [-0.05, 0) is 31.6 Å². The molecule has 6 nitrogen and oxygen atoms in total. The fourth-order valence-electron chi connectivity index (χ4n) is 7.25. The maximum Gasteiger partial charge on any atom is 0.334 e. The average Bonchev–Trinajstić information content (AvgIpc) is 3.12. The predicted octanol–water partition coefficient (Wildman–Crippen LogP) is 13.6. The van der Waals surface area contributed by atoms with Crippen LogP contribution in [0.5, 0.6) is 0 Å². The van der Waals surface area contributed by atoms with Crippen molar-refractivity contribution in [3.63, 3.8) is 0 Å². The summed E-state index contributed by atoms with van der Waals surface area (Å²) in [6.45, 7) is 9.31. The lowest BCUT2D eigenvalue weighted by molar-refractivity contribution is -0.166. The van der Waals surface area contributed by atoms with Crippen molar-refractivity contribution in [1.29, 1.82) is 0 Å². The van der Waals surface area contributed by atoms with Crippen molar-refractivity contribution in [3.05, 3.63) is 0 Å². The third-order valence-corrected chi connectivity index (χ3v) is 10.8. The van der Waals surface area contributed by atoms with Crippen molar-refractivity contribution in [2.75, 3.05) is 6.61 Å². The van der Waals surface area contributed by atoms with Crippen molar-refractivity contribution < 1.29 is 23.9 Å². The van der Waals surface area contributed by atoms with Crippen molar-refractivity contribution >= 4 is 17.9 Å². The van der Waals surface area contributed by atoms with Gasteiger partial charge in [0.15, 0.2) is 0 Å². The first-order chi connectivity index (χ1) is 24.8. The standard InChI is InChI=1S/C45H87NO5/c1-5-9-13-17-21-23-25-27-31-35-39-50-43(48)40-41(36-32-28-19-15-11-7-3)45(46,38-34-30-20-16-12-8-4)44(49)51-42(47)37-33-29-26-24-22-18-14-10-6-2/h41H,5-40,46H2,1-4H3/t41?,45-/m1/s1. The number of hydrogen-bond donors (Lipinski definition) is 1. The van der Waals surface area contributed by atoms with Gasteiger partial charge in [0.05, 0.1) is 13.0 Å². The minimum atomic E-state index is -1.38. The molecule has 2 N–H and O–H groups in total. The lowest BCUT2D eigenvalue weighted by Crippen LogP contribution is -2.56. The highest BCUT2D eigenvalue weighted by molar-refractivity contribution is 5.91. The van der Waals surface area contributed by atoms with Gasteiger partial charge in [-0.2, -0.15) is 0 Å². The van der Waals surface area contributed by atoms with Crippen LogP contribution in [-0.4, -0.2) is 30.1 Å².